The first kappa shape index (κ1) is 49.8. The van der Waals surface area contributed by atoms with Crippen LogP contribution in [0.4, 0.5) is 0 Å². The van der Waals surface area contributed by atoms with Gasteiger partial charge in [-0.3, -0.25) is 4.79 Å². The molecular formula is C57H94O4. The van der Waals surface area contributed by atoms with Crippen molar-refractivity contribution in [2.75, 3.05) is 0 Å². The Morgan fingerprint density at radius 3 is 1.38 bits per heavy atom. The summed E-state index contributed by atoms with van der Waals surface area (Å²) in [5.74, 6) is 7.90. The van der Waals surface area contributed by atoms with Crippen LogP contribution in [-0.4, -0.2) is 22.6 Å². The summed E-state index contributed by atoms with van der Waals surface area (Å²) < 4.78 is 21.3. The van der Waals surface area contributed by atoms with Gasteiger partial charge < -0.3 is 14.2 Å². The third-order valence-corrected chi connectivity index (χ3v) is 16.3. The minimum Gasteiger partial charge on any atom is -0.487 e. The molecule has 7 atom stereocenters. The van der Waals surface area contributed by atoms with Crippen molar-refractivity contribution in [3.05, 3.63) is 44.7 Å². The lowest BCUT2D eigenvalue weighted by molar-refractivity contribution is -0.128. The Balaban J connectivity index is 1.18. The minimum absolute atomic E-state index is 0.122. The molecule has 5 rings (SSSR count). The van der Waals surface area contributed by atoms with Crippen LogP contribution in [0, 0.1) is 49.4 Å². The Kier molecular flexibility index (Phi) is 17.7. The molecule has 3 heterocycles. The fraction of sp³-hybridized carbons (Fsp3) is 0.807. The summed E-state index contributed by atoms with van der Waals surface area (Å²) in [6, 6.07) is 0. The highest BCUT2D eigenvalue weighted by Gasteiger charge is 2.57. The van der Waals surface area contributed by atoms with Crippen LogP contribution in [0.3, 0.4) is 0 Å². The standard InChI is InChI=1S/C57H94O4/c1-38(2)21-15-23-40(5)25-17-27-42(7)29-19-33-55(13)35-31-48-49-37-57(61-52(49)45(10)44(9)51(48)59-55)50-32-36-56(14,60-53(50)46(11)47(12)54(57)58)34-20-30-43(8)28-18-26-41(6)24-16-22-39(3)4/h38-43H,15-37H2,1-14H3/t40-,41-,42-,43-,55-,56-,57+/m1/s1. The average Bonchev–Trinajstić information content (AvgIpc) is 3.60. The average molecular weight is 843 g/mol. The predicted octanol–water partition coefficient (Wildman–Crippen LogP) is 16.7. The molecule has 0 saturated carbocycles. The van der Waals surface area contributed by atoms with Crippen LogP contribution in [0.5, 0.6) is 11.5 Å². The van der Waals surface area contributed by atoms with Gasteiger partial charge >= 0.3 is 0 Å². The summed E-state index contributed by atoms with van der Waals surface area (Å²) >= 11 is 0. The van der Waals surface area contributed by atoms with Crippen molar-refractivity contribution in [2.45, 2.75) is 261 Å². The first-order chi connectivity index (χ1) is 28.8. The third-order valence-electron chi connectivity index (χ3n) is 16.3. The van der Waals surface area contributed by atoms with Crippen LogP contribution in [0.15, 0.2) is 22.5 Å². The molecule has 1 aromatic rings. The molecule has 1 aromatic carbocycles. The van der Waals surface area contributed by atoms with Gasteiger partial charge in [0.05, 0.1) is 0 Å². The maximum atomic E-state index is 14.6. The Morgan fingerprint density at radius 2 is 0.902 bits per heavy atom. The first-order valence-corrected chi connectivity index (χ1v) is 26.0. The van der Waals surface area contributed by atoms with E-state index in [1.807, 2.05) is 6.92 Å². The molecule has 0 aromatic heterocycles. The highest BCUT2D eigenvalue weighted by Crippen LogP contribution is 2.56. The Bertz CT molecular complexity index is 1690. The zero-order valence-electron chi connectivity index (χ0n) is 42.4. The van der Waals surface area contributed by atoms with Gasteiger partial charge in [-0.25, -0.2) is 0 Å². The molecule has 3 aliphatic heterocycles. The summed E-state index contributed by atoms with van der Waals surface area (Å²) in [5.41, 5.74) is 6.23. The Morgan fingerprint density at radius 1 is 0.492 bits per heavy atom. The molecule has 0 fully saturated rings. The largest absolute Gasteiger partial charge is 0.487 e. The number of rotatable bonds is 24. The molecule has 1 spiro atoms. The third kappa shape index (κ3) is 12.5. The normalized spacial score (nSPS) is 25.6. The van der Waals surface area contributed by atoms with Crippen molar-refractivity contribution in [1.29, 1.82) is 0 Å². The SMILES string of the molecule is CC1=C(C)C2=C(CC[C@@](C)(CCC[C@H](C)CCC[C@H](C)CCCC(C)C)O2)[C@@]2(Cc3c4c(c(C)c(C)c3O2)O[C@](C)(CCC[C@H](C)CCC[C@H](C)CCCC(C)C)CC4)C1=O. The van der Waals surface area contributed by atoms with Crippen molar-refractivity contribution in [2.24, 2.45) is 35.5 Å². The lowest BCUT2D eigenvalue weighted by Gasteiger charge is -2.44. The molecule has 0 bridgehead atoms. The molecule has 4 nitrogen and oxygen atoms in total. The quantitative estimate of drug-likeness (QED) is 0.104. The van der Waals surface area contributed by atoms with Crippen molar-refractivity contribution >= 4 is 5.78 Å². The molecule has 0 radical (unpaired) electrons. The maximum Gasteiger partial charge on any atom is 0.207 e. The highest BCUT2D eigenvalue weighted by molar-refractivity contribution is 6.07. The van der Waals surface area contributed by atoms with Crippen LogP contribution in [-0.2, 0) is 22.4 Å². The van der Waals surface area contributed by atoms with E-state index in [0.29, 0.717) is 6.42 Å². The number of carbonyl (C=O) groups is 1. The molecule has 0 N–H and O–H groups in total. The van der Waals surface area contributed by atoms with E-state index in [-0.39, 0.29) is 17.0 Å². The van der Waals surface area contributed by atoms with E-state index >= 15 is 0 Å². The van der Waals surface area contributed by atoms with Gasteiger partial charge in [0.15, 0.2) is 5.60 Å². The van der Waals surface area contributed by atoms with Gasteiger partial charge in [0, 0.05) is 28.7 Å². The Labute approximate surface area is 376 Å². The van der Waals surface area contributed by atoms with E-state index < -0.39 is 5.60 Å². The van der Waals surface area contributed by atoms with Crippen LogP contribution in [0.2, 0.25) is 0 Å². The number of hydrogen-bond acceptors (Lipinski definition) is 4. The van der Waals surface area contributed by atoms with Crippen molar-refractivity contribution in [1.82, 2.24) is 0 Å². The first-order valence-electron chi connectivity index (χ1n) is 26.0. The van der Waals surface area contributed by atoms with Gasteiger partial charge in [-0.2, -0.15) is 0 Å². The second-order valence-electron chi connectivity index (χ2n) is 23.2. The number of ether oxygens (including phenoxy) is 3. The summed E-state index contributed by atoms with van der Waals surface area (Å²) in [6.45, 7) is 32.3. The van der Waals surface area contributed by atoms with Crippen molar-refractivity contribution in [3.63, 3.8) is 0 Å². The van der Waals surface area contributed by atoms with Crippen LogP contribution < -0.4 is 9.47 Å². The molecule has 1 aliphatic carbocycles. The van der Waals surface area contributed by atoms with E-state index in [0.717, 1.165) is 114 Å². The second kappa shape index (κ2) is 21.6. The number of hydrogen-bond donors (Lipinski definition) is 0. The number of fused-ring (bicyclic) bond motifs is 4. The number of carbonyl (C=O) groups excluding carboxylic acids is 1. The van der Waals surface area contributed by atoms with Crippen LogP contribution in [0.25, 0.3) is 0 Å². The van der Waals surface area contributed by atoms with E-state index in [2.05, 4.69) is 90.0 Å². The fourth-order valence-electron chi connectivity index (χ4n) is 11.5. The smallest absolute Gasteiger partial charge is 0.207 e. The monoisotopic (exact) mass is 843 g/mol. The molecule has 4 heteroatoms. The lowest BCUT2D eigenvalue weighted by atomic mass is 9.71. The van der Waals surface area contributed by atoms with Gasteiger partial charge in [-0.05, 0) is 145 Å². The Hall–Kier alpha value is -2.23. The topological polar surface area (TPSA) is 44.8 Å². The van der Waals surface area contributed by atoms with Crippen LogP contribution in [0.1, 0.15) is 240 Å². The van der Waals surface area contributed by atoms with Crippen LogP contribution >= 0.6 is 0 Å². The number of ketones is 1. The number of benzene rings is 1. The molecule has 61 heavy (non-hydrogen) atoms. The molecule has 0 saturated heterocycles. The van der Waals surface area contributed by atoms with Gasteiger partial charge in [-0.1, -0.05) is 145 Å². The summed E-state index contributed by atoms with van der Waals surface area (Å²) in [4.78, 5) is 14.6. The zero-order chi connectivity index (χ0) is 44.7. The highest BCUT2D eigenvalue weighted by atomic mass is 16.5. The van der Waals surface area contributed by atoms with Gasteiger partial charge in [0.1, 0.15) is 28.5 Å². The fourth-order valence-corrected chi connectivity index (χ4v) is 11.5. The summed E-state index contributed by atoms with van der Waals surface area (Å²) in [7, 11) is 0. The summed E-state index contributed by atoms with van der Waals surface area (Å²) in [5, 5.41) is 0. The predicted molar refractivity (Wildman–Crippen MR) is 259 cm³/mol. The number of Topliss-reactive ketones (excluding diaryl/α,β-unsaturated/α-hetero) is 1. The molecule has 0 amide bonds. The van der Waals surface area contributed by atoms with Gasteiger partial charge in [0.25, 0.3) is 0 Å². The molecule has 346 valence electrons. The molecule has 4 aliphatic rings. The van der Waals surface area contributed by atoms with Crippen molar-refractivity contribution in [3.8, 4) is 11.5 Å². The summed E-state index contributed by atoms with van der Waals surface area (Å²) in [6.07, 6.45) is 27.7. The molecular weight excluding hydrogens is 749 g/mol. The lowest BCUT2D eigenvalue weighted by Crippen LogP contribution is -2.51. The van der Waals surface area contributed by atoms with Crippen molar-refractivity contribution < 1.29 is 19.0 Å². The van der Waals surface area contributed by atoms with E-state index in [1.165, 1.54) is 119 Å². The van der Waals surface area contributed by atoms with Gasteiger partial charge in [-0.15, -0.1) is 0 Å². The zero-order valence-corrected chi connectivity index (χ0v) is 42.4. The maximum absolute atomic E-state index is 14.6. The van der Waals surface area contributed by atoms with Gasteiger partial charge in [0.2, 0.25) is 5.78 Å². The number of allylic oxidation sites excluding steroid dienone is 1. The molecule has 0 unspecified atom stereocenters. The van der Waals surface area contributed by atoms with E-state index in [9.17, 15) is 4.79 Å². The van der Waals surface area contributed by atoms with E-state index in [4.69, 9.17) is 14.2 Å². The minimum atomic E-state index is -1.02. The second-order valence-corrected chi connectivity index (χ2v) is 23.2. The van der Waals surface area contributed by atoms with E-state index in [1.54, 1.807) is 0 Å².